The highest BCUT2D eigenvalue weighted by molar-refractivity contribution is 5.88. The SMILES string of the molecule is NC(=O)C(O)(c1ccccc1)c1ccc(O)c(O)c1. The molecule has 5 N–H and O–H groups in total. The predicted molar refractivity (Wildman–Crippen MR) is 68.4 cm³/mol. The number of amides is 1. The van der Waals surface area contributed by atoms with E-state index in [0.29, 0.717) is 0 Å². The van der Waals surface area contributed by atoms with Crippen molar-refractivity contribution < 1.29 is 20.1 Å². The van der Waals surface area contributed by atoms with E-state index in [1.807, 2.05) is 0 Å². The quantitative estimate of drug-likeness (QED) is 0.612. The third kappa shape index (κ3) is 2.11. The topological polar surface area (TPSA) is 104 Å². The second kappa shape index (κ2) is 4.62. The minimum atomic E-state index is -2.06. The van der Waals surface area contributed by atoms with Gasteiger partial charge in [0.25, 0.3) is 5.91 Å². The Morgan fingerprint density at radius 3 is 2.11 bits per heavy atom. The van der Waals surface area contributed by atoms with Gasteiger partial charge in [-0.25, -0.2) is 0 Å². The van der Waals surface area contributed by atoms with Crippen LogP contribution in [0.4, 0.5) is 0 Å². The van der Waals surface area contributed by atoms with Crippen molar-refractivity contribution in [3.8, 4) is 11.5 Å². The normalized spacial score (nSPS) is 13.7. The first-order chi connectivity index (χ1) is 8.96. The number of phenols is 2. The average molecular weight is 259 g/mol. The standard InChI is InChI=1S/C14H13NO4/c15-13(18)14(19,9-4-2-1-3-5-9)10-6-7-11(16)12(17)8-10/h1-8,16-17,19H,(H2,15,18). The first-order valence-corrected chi connectivity index (χ1v) is 5.56. The molecule has 0 aliphatic heterocycles. The number of aromatic hydroxyl groups is 2. The molecule has 0 bridgehead atoms. The highest BCUT2D eigenvalue weighted by Crippen LogP contribution is 2.34. The van der Waals surface area contributed by atoms with Crippen LogP contribution < -0.4 is 5.73 Å². The molecule has 0 heterocycles. The molecule has 5 heteroatoms. The molecule has 1 atom stereocenters. The molecule has 2 rings (SSSR count). The van der Waals surface area contributed by atoms with Crippen molar-refractivity contribution >= 4 is 5.91 Å². The number of hydrogen-bond acceptors (Lipinski definition) is 4. The molecule has 0 saturated heterocycles. The maximum Gasteiger partial charge on any atom is 0.258 e. The van der Waals surface area contributed by atoms with E-state index in [1.54, 1.807) is 30.3 Å². The van der Waals surface area contributed by atoms with Crippen molar-refractivity contribution in [1.82, 2.24) is 0 Å². The molecule has 2 aromatic carbocycles. The van der Waals surface area contributed by atoms with Crippen molar-refractivity contribution in [3.05, 3.63) is 59.7 Å². The Hall–Kier alpha value is -2.53. The molecule has 0 aromatic heterocycles. The fraction of sp³-hybridized carbons (Fsp3) is 0.0714. The van der Waals surface area contributed by atoms with Crippen LogP contribution in [0.2, 0.25) is 0 Å². The molecule has 98 valence electrons. The van der Waals surface area contributed by atoms with Gasteiger partial charge >= 0.3 is 0 Å². The van der Waals surface area contributed by atoms with Crippen LogP contribution in [0.15, 0.2) is 48.5 Å². The van der Waals surface area contributed by atoms with Crippen LogP contribution in [0.1, 0.15) is 11.1 Å². The second-order valence-electron chi connectivity index (χ2n) is 4.14. The molecule has 0 aliphatic carbocycles. The lowest BCUT2D eigenvalue weighted by atomic mass is 9.85. The first kappa shape index (κ1) is 12.9. The molecule has 0 spiro atoms. The van der Waals surface area contributed by atoms with Crippen molar-refractivity contribution in [2.24, 2.45) is 5.73 Å². The predicted octanol–water partition coefficient (Wildman–Crippen LogP) is 0.819. The lowest BCUT2D eigenvalue weighted by Gasteiger charge is -2.25. The fourth-order valence-electron chi connectivity index (χ4n) is 1.88. The number of phenolic OH excluding ortho intramolecular Hbond substituents is 2. The summed E-state index contributed by atoms with van der Waals surface area (Å²) in [6.45, 7) is 0. The molecule has 1 unspecified atom stereocenters. The first-order valence-electron chi connectivity index (χ1n) is 5.56. The van der Waals surface area contributed by atoms with E-state index in [0.717, 1.165) is 6.07 Å². The third-order valence-electron chi connectivity index (χ3n) is 2.94. The number of rotatable bonds is 3. The highest BCUT2D eigenvalue weighted by atomic mass is 16.3. The number of carbonyl (C=O) groups is 1. The van der Waals surface area contributed by atoms with Crippen LogP contribution >= 0.6 is 0 Å². The fourth-order valence-corrected chi connectivity index (χ4v) is 1.88. The summed E-state index contributed by atoms with van der Waals surface area (Å²) in [5, 5.41) is 29.3. The van der Waals surface area contributed by atoms with E-state index >= 15 is 0 Å². The van der Waals surface area contributed by atoms with E-state index in [2.05, 4.69) is 0 Å². The van der Waals surface area contributed by atoms with Gasteiger partial charge in [0, 0.05) is 5.56 Å². The zero-order valence-electron chi connectivity index (χ0n) is 9.95. The van der Waals surface area contributed by atoms with Crippen LogP contribution in [0.3, 0.4) is 0 Å². The molecular weight excluding hydrogens is 246 g/mol. The van der Waals surface area contributed by atoms with Crippen LogP contribution in [-0.4, -0.2) is 21.2 Å². The number of aliphatic hydroxyl groups is 1. The van der Waals surface area contributed by atoms with Crippen molar-refractivity contribution in [1.29, 1.82) is 0 Å². The Bertz CT molecular complexity index is 612. The molecule has 5 nitrogen and oxygen atoms in total. The number of nitrogens with two attached hydrogens (primary N) is 1. The number of hydrogen-bond donors (Lipinski definition) is 4. The molecule has 2 aromatic rings. The van der Waals surface area contributed by atoms with Crippen LogP contribution in [0, 0.1) is 0 Å². The Morgan fingerprint density at radius 1 is 0.947 bits per heavy atom. The van der Waals surface area contributed by atoms with Gasteiger partial charge in [-0.2, -0.15) is 0 Å². The zero-order valence-corrected chi connectivity index (χ0v) is 9.95. The monoisotopic (exact) mass is 259 g/mol. The Kier molecular flexibility index (Phi) is 3.14. The van der Waals surface area contributed by atoms with E-state index in [9.17, 15) is 20.1 Å². The number of benzene rings is 2. The average Bonchev–Trinajstić information content (AvgIpc) is 2.41. The Morgan fingerprint density at radius 2 is 1.58 bits per heavy atom. The largest absolute Gasteiger partial charge is 0.504 e. The summed E-state index contributed by atoms with van der Waals surface area (Å²) in [5.74, 6) is -1.75. The van der Waals surface area contributed by atoms with Crippen LogP contribution in [0.5, 0.6) is 11.5 Å². The maximum absolute atomic E-state index is 11.6. The van der Waals surface area contributed by atoms with Gasteiger partial charge in [-0.05, 0) is 17.7 Å². The van der Waals surface area contributed by atoms with Crippen molar-refractivity contribution in [2.75, 3.05) is 0 Å². The molecule has 19 heavy (non-hydrogen) atoms. The van der Waals surface area contributed by atoms with Gasteiger partial charge in [-0.3, -0.25) is 4.79 Å². The Balaban J connectivity index is 2.63. The summed E-state index contributed by atoms with van der Waals surface area (Å²) in [6.07, 6.45) is 0. The van der Waals surface area contributed by atoms with Gasteiger partial charge in [0.1, 0.15) is 0 Å². The molecule has 0 fully saturated rings. The van der Waals surface area contributed by atoms with E-state index in [-0.39, 0.29) is 16.9 Å². The second-order valence-corrected chi connectivity index (χ2v) is 4.14. The summed E-state index contributed by atoms with van der Waals surface area (Å²) < 4.78 is 0. The van der Waals surface area contributed by atoms with E-state index < -0.39 is 17.3 Å². The minimum Gasteiger partial charge on any atom is -0.504 e. The molecule has 0 aliphatic rings. The minimum absolute atomic E-state index is 0.0847. The van der Waals surface area contributed by atoms with Gasteiger partial charge < -0.3 is 21.1 Å². The lowest BCUT2D eigenvalue weighted by Crippen LogP contribution is -2.42. The highest BCUT2D eigenvalue weighted by Gasteiger charge is 2.38. The summed E-state index contributed by atoms with van der Waals surface area (Å²) >= 11 is 0. The summed E-state index contributed by atoms with van der Waals surface area (Å²) in [7, 11) is 0. The van der Waals surface area contributed by atoms with Crippen molar-refractivity contribution in [2.45, 2.75) is 5.60 Å². The summed E-state index contributed by atoms with van der Waals surface area (Å²) in [6, 6.07) is 11.8. The summed E-state index contributed by atoms with van der Waals surface area (Å²) in [4.78, 5) is 11.6. The van der Waals surface area contributed by atoms with Gasteiger partial charge in [0.05, 0.1) is 0 Å². The van der Waals surface area contributed by atoms with E-state index in [4.69, 9.17) is 5.73 Å². The molecule has 0 radical (unpaired) electrons. The van der Waals surface area contributed by atoms with E-state index in [1.165, 1.54) is 12.1 Å². The van der Waals surface area contributed by atoms with Crippen LogP contribution in [0.25, 0.3) is 0 Å². The third-order valence-corrected chi connectivity index (χ3v) is 2.94. The van der Waals surface area contributed by atoms with Gasteiger partial charge in [0.2, 0.25) is 0 Å². The van der Waals surface area contributed by atoms with Gasteiger partial charge in [-0.15, -0.1) is 0 Å². The van der Waals surface area contributed by atoms with Gasteiger partial charge in [-0.1, -0.05) is 36.4 Å². The van der Waals surface area contributed by atoms with Crippen molar-refractivity contribution in [3.63, 3.8) is 0 Å². The zero-order chi connectivity index (χ0) is 14.0. The smallest absolute Gasteiger partial charge is 0.258 e. The summed E-state index contributed by atoms with van der Waals surface area (Å²) in [5.41, 5.74) is 3.60. The molecular formula is C14H13NO4. The molecule has 1 amide bonds. The Labute approximate surface area is 109 Å². The van der Waals surface area contributed by atoms with Gasteiger partial charge in [0.15, 0.2) is 17.1 Å². The lowest BCUT2D eigenvalue weighted by molar-refractivity contribution is -0.133. The molecule has 0 saturated carbocycles. The number of carbonyl (C=O) groups excluding carboxylic acids is 1. The number of primary amides is 1. The van der Waals surface area contributed by atoms with Crippen LogP contribution in [-0.2, 0) is 10.4 Å². The maximum atomic E-state index is 11.6.